The predicted octanol–water partition coefficient (Wildman–Crippen LogP) is 7.81. The van der Waals surface area contributed by atoms with Crippen LogP contribution < -0.4 is 5.56 Å². The van der Waals surface area contributed by atoms with Gasteiger partial charge in [-0.1, -0.05) is 76.6 Å². The number of pyridine rings is 1. The molecule has 0 saturated carbocycles. The van der Waals surface area contributed by atoms with Gasteiger partial charge in [-0.3, -0.25) is 14.2 Å². The molecule has 4 rings (SSSR count). The quantitative estimate of drug-likeness (QED) is 0.185. The molecule has 0 radical (unpaired) electrons. The molecule has 0 aliphatic rings. The van der Waals surface area contributed by atoms with Gasteiger partial charge >= 0.3 is 0 Å². The lowest BCUT2D eigenvalue weighted by atomic mass is 9.93. The molecule has 2 heterocycles. The summed E-state index contributed by atoms with van der Waals surface area (Å²) in [5.41, 5.74) is 6.14. The van der Waals surface area contributed by atoms with E-state index in [1.165, 1.54) is 11.3 Å². The Labute approximate surface area is 245 Å². The monoisotopic (exact) mass is 576 g/mol. The molecule has 0 fully saturated rings. The molecule has 2 aromatic carbocycles. The summed E-state index contributed by atoms with van der Waals surface area (Å²) < 4.78 is 1.80. The topological polar surface area (TPSA) is 72.2 Å². The van der Waals surface area contributed by atoms with Crippen LogP contribution in [0, 0.1) is 11.8 Å². The molecule has 0 saturated heterocycles. The van der Waals surface area contributed by atoms with E-state index in [0.717, 1.165) is 46.6 Å². The fraction of sp³-hybridized carbons (Fsp3) is 0.364. The summed E-state index contributed by atoms with van der Waals surface area (Å²) in [6.45, 7) is 10.1. The summed E-state index contributed by atoms with van der Waals surface area (Å²) in [6, 6.07) is 15.3. The molecular formula is C33H37ClN2O3S. The van der Waals surface area contributed by atoms with Crippen LogP contribution in [0.1, 0.15) is 68.2 Å². The van der Waals surface area contributed by atoms with Gasteiger partial charge in [0.1, 0.15) is 5.01 Å². The Bertz CT molecular complexity index is 1530. The summed E-state index contributed by atoms with van der Waals surface area (Å²) in [7, 11) is 0. The number of para-hydroxylation sites is 1. The number of hydrogen-bond donors (Lipinski definition) is 1. The molecule has 0 spiro atoms. The largest absolute Gasteiger partial charge is 0.396 e. The van der Waals surface area contributed by atoms with Gasteiger partial charge in [0.2, 0.25) is 0 Å². The van der Waals surface area contributed by atoms with Crippen molar-refractivity contribution in [1.29, 1.82) is 0 Å². The van der Waals surface area contributed by atoms with E-state index in [9.17, 15) is 14.7 Å². The van der Waals surface area contributed by atoms with Gasteiger partial charge in [-0.05, 0) is 60.4 Å². The van der Waals surface area contributed by atoms with Gasteiger partial charge in [0, 0.05) is 40.3 Å². The number of halogens is 1. The molecule has 0 aliphatic carbocycles. The third-order valence-electron chi connectivity index (χ3n) is 7.11. The number of aliphatic hydroxyl groups excluding tert-OH is 1. The Morgan fingerprint density at radius 2 is 1.70 bits per heavy atom. The molecule has 0 unspecified atom stereocenters. The first kappa shape index (κ1) is 29.9. The van der Waals surface area contributed by atoms with Crippen LogP contribution in [0.5, 0.6) is 0 Å². The Hall–Kier alpha value is -3.06. The summed E-state index contributed by atoms with van der Waals surface area (Å²) in [5, 5.41) is 12.8. The first-order valence-corrected chi connectivity index (χ1v) is 15.2. The minimum Gasteiger partial charge on any atom is -0.396 e. The van der Waals surface area contributed by atoms with E-state index in [2.05, 4.69) is 39.8 Å². The van der Waals surface area contributed by atoms with E-state index in [0.29, 0.717) is 27.6 Å². The zero-order chi connectivity index (χ0) is 29.0. The van der Waals surface area contributed by atoms with E-state index < -0.39 is 0 Å². The lowest BCUT2D eigenvalue weighted by Crippen LogP contribution is -2.29. The maximum Gasteiger partial charge on any atom is 0.265 e. The molecule has 2 aromatic heterocycles. The van der Waals surface area contributed by atoms with Gasteiger partial charge in [-0.25, -0.2) is 4.98 Å². The van der Waals surface area contributed by atoms with Crippen LogP contribution in [0.15, 0.2) is 58.7 Å². The molecule has 7 heteroatoms. The van der Waals surface area contributed by atoms with Crippen LogP contribution in [0.3, 0.4) is 0 Å². The van der Waals surface area contributed by atoms with Crippen molar-refractivity contribution < 1.29 is 9.90 Å². The van der Waals surface area contributed by atoms with Crippen LogP contribution >= 0.6 is 22.9 Å². The van der Waals surface area contributed by atoms with Gasteiger partial charge in [-0.15, -0.1) is 11.3 Å². The zero-order valence-corrected chi connectivity index (χ0v) is 25.4. The van der Waals surface area contributed by atoms with Gasteiger partial charge < -0.3 is 5.11 Å². The minimum absolute atomic E-state index is 0.0753. The summed E-state index contributed by atoms with van der Waals surface area (Å²) in [4.78, 5) is 33.2. The summed E-state index contributed by atoms with van der Waals surface area (Å²) in [6.07, 6.45) is 2.27. The highest BCUT2D eigenvalue weighted by Crippen LogP contribution is 2.32. The zero-order valence-electron chi connectivity index (χ0n) is 23.8. The van der Waals surface area contributed by atoms with Crippen molar-refractivity contribution in [2.45, 2.75) is 60.3 Å². The Kier molecular flexibility index (Phi) is 9.77. The SMILES string of the molecule is CCc1cccc(CC)c1-n1c(CC(C)C)c(C(=O)C[C@H](C)CO)cc(-c2nc(-c3ccc(Cl)cc3)cs2)c1=O. The van der Waals surface area contributed by atoms with E-state index in [-0.39, 0.29) is 36.2 Å². The van der Waals surface area contributed by atoms with Crippen LogP contribution in [-0.2, 0) is 19.3 Å². The number of benzene rings is 2. The average molecular weight is 577 g/mol. The van der Waals surface area contributed by atoms with Gasteiger partial charge in [0.25, 0.3) is 5.56 Å². The normalized spacial score (nSPS) is 12.2. The highest BCUT2D eigenvalue weighted by molar-refractivity contribution is 7.13. The van der Waals surface area contributed by atoms with E-state index >= 15 is 0 Å². The number of rotatable bonds is 11. The molecule has 5 nitrogen and oxygen atoms in total. The smallest absolute Gasteiger partial charge is 0.265 e. The fourth-order valence-corrected chi connectivity index (χ4v) is 5.98. The first-order valence-electron chi connectivity index (χ1n) is 13.9. The van der Waals surface area contributed by atoms with E-state index in [4.69, 9.17) is 16.6 Å². The number of carbonyl (C=O) groups excluding carboxylic acids is 1. The van der Waals surface area contributed by atoms with Gasteiger partial charge in [-0.2, -0.15) is 0 Å². The second-order valence-corrected chi connectivity index (χ2v) is 12.0. The van der Waals surface area contributed by atoms with Gasteiger partial charge in [0.05, 0.1) is 16.9 Å². The molecule has 0 amide bonds. The Morgan fingerprint density at radius 3 is 2.27 bits per heavy atom. The van der Waals surface area contributed by atoms with Crippen LogP contribution in [0.4, 0.5) is 0 Å². The molecule has 0 aliphatic heterocycles. The van der Waals surface area contributed by atoms with Crippen molar-refractivity contribution >= 4 is 28.7 Å². The maximum absolute atomic E-state index is 14.5. The number of aliphatic hydroxyl groups is 1. The highest BCUT2D eigenvalue weighted by atomic mass is 35.5. The Morgan fingerprint density at radius 1 is 1.05 bits per heavy atom. The van der Waals surface area contributed by atoms with Crippen LogP contribution in [0.25, 0.3) is 27.5 Å². The van der Waals surface area contributed by atoms with Crippen molar-refractivity contribution in [3.8, 4) is 27.5 Å². The third-order valence-corrected chi connectivity index (χ3v) is 8.24. The molecule has 0 bridgehead atoms. The third kappa shape index (κ3) is 6.30. The maximum atomic E-state index is 14.5. The molecule has 1 atom stereocenters. The van der Waals surface area contributed by atoms with Gasteiger partial charge in [0.15, 0.2) is 5.78 Å². The molecule has 4 aromatic rings. The second-order valence-electron chi connectivity index (χ2n) is 10.7. The molecule has 1 N–H and O–H groups in total. The number of aryl methyl sites for hydroxylation is 2. The number of ketones is 1. The molecule has 40 heavy (non-hydrogen) atoms. The summed E-state index contributed by atoms with van der Waals surface area (Å²) >= 11 is 7.47. The number of carbonyl (C=O) groups is 1. The second kappa shape index (κ2) is 13.1. The number of hydrogen-bond acceptors (Lipinski definition) is 5. The Balaban J connectivity index is 2.05. The lowest BCUT2D eigenvalue weighted by molar-refractivity contribution is 0.0941. The number of nitrogens with zero attached hydrogens (tertiary/aromatic N) is 2. The van der Waals surface area contributed by atoms with Crippen molar-refractivity contribution in [1.82, 2.24) is 9.55 Å². The van der Waals surface area contributed by atoms with E-state index in [1.54, 1.807) is 10.6 Å². The lowest BCUT2D eigenvalue weighted by Gasteiger charge is -2.24. The number of Topliss-reactive ketones (excluding diaryl/α,β-unsaturated/α-hetero) is 1. The molecule has 210 valence electrons. The standard InChI is InChI=1S/C33H37ClN2O3S/c1-6-22-9-8-10-23(7-2)31(22)36-29(15-20(3)4)26(30(38)16-21(5)18-37)17-27(33(36)39)32-35-28(19-40-32)24-11-13-25(34)14-12-24/h8-14,17,19-21,37H,6-7,15-16,18H2,1-5H3/t21-/m0/s1. The van der Waals surface area contributed by atoms with Crippen molar-refractivity contribution in [3.05, 3.63) is 91.7 Å². The average Bonchev–Trinajstić information content (AvgIpc) is 3.43. The van der Waals surface area contributed by atoms with Crippen LogP contribution in [-0.4, -0.2) is 27.0 Å². The fourth-order valence-electron chi connectivity index (χ4n) is 5.02. The number of thiazole rings is 1. The van der Waals surface area contributed by atoms with Crippen LogP contribution in [0.2, 0.25) is 5.02 Å². The van der Waals surface area contributed by atoms with E-state index in [1.807, 2.05) is 42.6 Å². The summed E-state index contributed by atoms with van der Waals surface area (Å²) in [5.74, 6) is -0.0454. The van der Waals surface area contributed by atoms with Crippen molar-refractivity contribution in [2.75, 3.05) is 6.61 Å². The minimum atomic E-state index is -0.186. The van der Waals surface area contributed by atoms with Crippen molar-refractivity contribution in [2.24, 2.45) is 11.8 Å². The predicted molar refractivity (Wildman–Crippen MR) is 166 cm³/mol. The highest BCUT2D eigenvalue weighted by Gasteiger charge is 2.26. The molecular weight excluding hydrogens is 540 g/mol. The number of aromatic nitrogens is 2. The van der Waals surface area contributed by atoms with Crippen molar-refractivity contribution in [3.63, 3.8) is 0 Å². The first-order chi connectivity index (χ1) is 19.2.